The zero-order valence-electron chi connectivity index (χ0n) is 14.9. The molecule has 5 rings (SSSR count). The Balaban J connectivity index is 1.39. The minimum Gasteiger partial charge on any atom is -0.206 e. The van der Waals surface area contributed by atoms with Gasteiger partial charge in [-0.05, 0) is 78.5 Å². The predicted octanol–water partition coefficient (Wildman–Crippen LogP) is 7.76. The molecule has 0 saturated heterocycles. The van der Waals surface area contributed by atoms with E-state index in [1.807, 2.05) is 6.07 Å². The average molecular weight is 363 g/mol. The Hall–Kier alpha value is -1.93. The van der Waals surface area contributed by atoms with Crippen LogP contribution in [0.25, 0.3) is 21.6 Å². The minimum absolute atomic E-state index is 0.118. The van der Waals surface area contributed by atoms with E-state index in [1.165, 1.54) is 49.0 Å². The van der Waals surface area contributed by atoms with Gasteiger partial charge in [-0.25, -0.2) is 4.39 Å². The van der Waals surface area contributed by atoms with Crippen LogP contribution in [0.15, 0.2) is 54.6 Å². The summed E-state index contributed by atoms with van der Waals surface area (Å²) in [5.41, 5.74) is 4.22. The van der Waals surface area contributed by atoms with Crippen LogP contribution in [0.3, 0.4) is 0 Å². The van der Waals surface area contributed by atoms with Gasteiger partial charge in [-0.1, -0.05) is 43.2 Å². The van der Waals surface area contributed by atoms with Gasteiger partial charge in [0.05, 0.1) is 0 Å². The lowest BCUT2D eigenvalue weighted by Gasteiger charge is -2.25. The number of benzene rings is 2. The van der Waals surface area contributed by atoms with Crippen LogP contribution in [0.2, 0.25) is 0 Å². The van der Waals surface area contributed by atoms with Gasteiger partial charge in [0.1, 0.15) is 5.82 Å². The van der Waals surface area contributed by atoms with Crippen LogP contribution in [0, 0.1) is 5.82 Å². The Bertz CT molecular complexity index is 914. The van der Waals surface area contributed by atoms with E-state index in [-0.39, 0.29) is 5.82 Å². The molecule has 0 atom stereocenters. The van der Waals surface area contributed by atoms with Gasteiger partial charge >= 0.3 is 0 Å². The molecule has 2 aromatic carbocycles. The Labute approximate surface area is 158 Å². The van der Waals surface area contributed by atoms with Crippen molar-refractivity contribution in [1.82, 2.24) is 0 Å². The van der Waals surface area contributed by atoms with Crippen LogP contribution in [0.1, 0.15) is 60.8 Å². The highest BCUT2D eigenvalue weighted by Crippen LogP contribution is 2.42. The summed E-state index contributed by atoms with van der Waals surface area (Å²) in [5.74, 6) is 1.34. The summed E-state index contributed by atoms with van der Waals surface area (Å²) in [6, 6.07) is 18.7. The maximum Gasteiger partial charge on any atom is 0.132 e. The summed E-state index contributed by atoms with van der Waals surface area (Å²) in [6.07, 6.45) is 7.89. The third-order valence-electron chi connectivity index (χ3n) is 6.19. The lowest BCUT2D eigenvalue weighted by Crippen LogP contribution is -2.08. The number of hydrogen-bond donors (Lipinski definition) is 0. The van der Waals surface area contributed by atoms with Gasteiger partial charge in [-0.15, -0.1) is 11.3 Å². The molecule has 2 heteroatoms. The van der Waals surface area contributed by atoms with Crippen LogP contribution in [0.5, 0.6) is 0 Å². The van der Waals surface area contributed by atoms with E-state index >= 15 is 0 Å². The average Bonchev–Trinajstić information content (AvgIpc) is 3.01. The molecule has 26 heavy (non-hydrogen) atoms. The molecular weight excluding hydrogens is 339 g/mol. The molecule has 0 radical (unpaired) electrons. The fourth-order valence-corrected chi connectivity index (χ4v) is 5.20. The summed E-state index contributed by atoms with van der Waals surface area (Å²) in [6.45, 7) is 0. The number of hydrogen-bond acceptors (Lipinski definition) is 1. The molecule has 1 heterocycles. The summed E-state index contributed by atoms with van der Waals surface area (Å²) in [4.78, 5) is 2.47. The molecule has 2 aliphatic rings. The molecule has 0 aliphatic heterocycles. The molecule has 0 amide bonds. The first-order chi connectivity index (χ1) is 12.8. The van der Waals surface area contributed by atoms with Crippen molar-refractivity contribution >= 4 is 11.3 Å². The van der Waals surface area contributed by atoms with Crippen LogP contribution in [0.4, 0.5) is 4.39 Å². The van der Waals surface area contributed by atoms with E-state index in [4.69, 9.17) is 0 Å². The van der Waals surface area contributed by atoms with Gasteiger partial charge in [-0.2, -0.15) is 0 Å². The van der Waals surface area contributed by atoms with Crippen molar-refractivity contribution in [2.24, 2.45) is 0 Å². The second kappa shape index (κ2) is 6.66. The van der Waals surface area contributed by atoms with Crippen LogP contribution in [-0.2, 0) is 0 Å². The molecule has 2 aliphatic carbocycles. The zero-order chi connectivity index (χ0) is 17.5. The van der Waals surface area contributed by atoms with Gasteiger partial charge < -0.3 is 0 Å². The molecule has 0 spiro atoms. The summed E-state index contributed by atoms with van der Waals surface area (Å²) in [5, 5.41) is 0. The Morgan fingerprint density at radius 2 is 1.42 bits per heavy atom. The standard InChI is InChI=1S/C24H23FS/c25-22-15-20(18-9-7-17(8-10-18)16-3-1-4-16)11-12-21(22)24-14-13-23(26-24)19-5-2-6-19/h7-16,19H,1-6H2. The normalized spacial score (nSPS) is 17.7. The Morgan fingerprint density at radius 1 is 0.731 bits per heavy atom. The van der Waals surface area contributed by atoms with E-state index in [0.29, 0.717) is 5.92 Å². The third-order valence-corrected chi connectivity index (χ3v) is 7.47. The van der Waals surface area contributed by atoms with Gasteiger partial charge in [0.2, 0.25) is 0 Å². The Morgan fingerprint density at radius 3 is 2.04 bits per heavy atom. The van der Waals surface area contributed by atoms with Crippen LogP contribution < -0.4 is 0 Å². The van der Waals surface area contributed by atoms with Crippen molar-refractivity contribution in [3.8, 4) is 21.6 Å². The highest BCUT2D eigenvalue weighted by Gasteiger charge is 2.22. The van der Waals surface area contributed by atoms with Crippen LogP contribution >= 0.6 is 11.3 Å². The topological polar surface area (TPSA) is 0 Å². The van der Waals surface area contributed by atoms with E-state index in [9.17, 15) is 4.39 Å². The predicted molar refractivity (Wildman–Crippen MR) is 108 cm³/mol. The molecule has 3 aromatic rings. The van der Waals surface area contributed by atoms with Crippen molar-refractivity contribution in [2.45, 2.75) is 50.4 Å². The highest BCUT2D eigenvalue weighted by atomic mass is 32.1. The van der Waals surface area contributed by atoms with E-state index in [2.05, 4.69) is 42.5 Å². The maximum absolute atomic E-state index is 14.8. The fraction of sp³-hybridized carbons (Fsp3) is 0.333. The minimum atomic E-state index is -0.118. The van der Waals surface area contributed by atoms with Crippen molar-refractivity contribution in [1.29, 1.82) is 0 Å². The molecule has 0 nitrogen and oxygen atoms in total. The van der Waals surface area contributed by atoms with Crippen LogP contribution in [-0.4, -0.2) is 0 Å². The summed E-state index contributed by atoms with van der Waals surface area (Å²) in [7, 11) is 0. The molecule has 2 fully saturated rings. The highest BCUT2D eigenvalue weighted by molar-refractivity contribution is 7.15. The van der Waals surface area contributed by atoms with Crippen molar-refractivity contribution in [3.63, 3.8) is 0 Å². The second-order valence-electron chi connectivity index (χ2n) is 7.77. The van der Waals surface area contributed by atoms with Gasteiger partial charge in [0.15, 0.2) is 0 Å². The number of halogens is 1. The molecule has 0 unspecified atom stereocenters. The molecule has 1 aromatic heterocycles. The summed E-state index contributed by atoms with van der Waals surface area (Å²) < 4.78 is 14.8. The van der Waals surface area contributed by atoms with Crippen molar-refractivity contribution in [3.05, 3.63) is 70.9 Å². The van der Waals surface area contributed by atoms with Crippen molar-refractivity contribution < 1.29 is 4.39 Å². The largest absolute Gasteiger partial charge is 0.206 e. The smallest absolute Gasteiger partial charge is 0.132 e. The third kappa shape index (κ3) is 2.91. The van der Waals surface area contributed by atoms with Gasteiger partial charge in [0, 0.05) is 15.3 Å². The first-order valence-electron chi connectivity index (χ1n) is 9.78. The molecule has 2 saturated carbocycles. The summed E-state index contributed by atoms with van der Waals surface area (Å²) >= 11 is 1.76. The first-order valence-corrected chi connectivity index (χ1v) is 10.6. The second-order valence-corrected chi connectivity index (χ2v) is 8.89. The lowest BCUT2D eigenvalue weighted by atomic mass is 9.80. The number of rotatable bonds is 4. The SMILES string of the molecule is Fc1cc(-c2ccc(C3CCC3)cc2)ccc1-c1ccc(C2CCC2)s1. The Kier molecular flexibility index (Phi) is 4.17. The van der Waals surface area contributed by atoms with Gasteiger partial charge in [0.25, 0.3) is 0 Å². The van der Waals surface area contributed by atoms with E-state index in [1.54, 1.807) is 17.4 Å². The molecule has 132 valence electrons. The monoisotopic (exact) mass is 362 g/mol. The molecular formula is C24H23FS. The van der Waals surface area contributed by atoms with Gasteiger partial charge in [-0.3, -0.25) is 0 Å². The molecule has 0 bridgehead atoms. The van der Waals surface area contributed by atoms with E-state index < -0.39 is 0 Å². The first kappa shape index (κ1) is 16.3. The number of thiophene rings is 1. The van der Waals surface area contributed by atoms with E-state index in [0.717, 1.165) is 27.5 Å². The zero-order valence-corrected chi connectivity index (χ0v) is 15.7. The van der Waals surface area contributed by atoms with Crippen molar-refractivity contribution in [2.75, 3.05) is 0 Å². The maximum atomic E-state index is 14.8. The lowest BCUT2D eigenvalue weighted by molar-refractivity contribution is 0.420. The fourth-order valence-electron chi connectivity index (χ4n) is 3.99. The molecule has 0 N–H and O–H groups in total. The quantitative estimate of drug-likeness (QED) is 0.445.